The molecule has 3 saturated carbocycles. The van der Waals surface area contributed by atoms with Gasteiger partial charge in [-0.3, -0.25) is 53.3 Å². The van der Waals surface area contributed by atoms with Crippen molar-refractivity contribution < 1.29 is 57.4 Å². The van der Waals surface area contributed by atoms with Crippen molar-refractivity contribution in [2.75, 3.05) is 51.4 Å². The number of carbonyl (C=O) groups is 10. The van der Waals surface area contributed by atoms with Gasteiger partial charge in [-0.25, -0.2) is 15.0 Å². The number of hydrogen-bond acceptors (Lipinski definition) is 16. The minimum absolute atomic E-state index is 0.0277. The van der Waals surface area contributed by atoms with Crippen LogP contribution < -0.4 is 42.5 Å². The van der Waals surface area contributed by atoms with Crippen LogP contribution in [-0.4, -0.2) is 161 Å². The molecule has 2 aromatic rings. The Kier molecular flexibility index (Phi) is 20.8. The highest BCUT2D eigenvalue weighted by Gasteiger charge is 2.52. The average molecular weight is 1090 g/mol. The van der Waals surface area contributed by atoms with Gasteiger partial charge in [-0.15, -0.1) is 0 Å². The summed E-state index contributed by atoms with van der Waals surface area (Å²) in [5, 5.41) is 22.0. The predicted octanol–water partition coefficient (Wildman–Crippen LogP) is 1.25. The molecule has 2 aliphatic heterocycles. The number of ether oxygens (including phenoxy) is 2. The molecule has 5 aliphatic rings. The average Bonchev–Trinajstić information content (AvgIpc) is 4.05. The van der Waals surface area contributed by atoms with Crippen LogP contribution in [0.5, 0.6) is 0 Å². The number of rotatable bonds is 26. The number of imide groups is 1. The first-order valence-electron chi connectivity index (χ1n) is 27.6. The minimum atomic E-state index is -1.10. The summed E-state index contributed by atoms with van der Waals surface area (Å²) in [4.78, 5) is 147. The van der Waals surface area contributed by atoms with E-state index in [0.29, 0.717) is 51.2 Å². The lowest BCUT2D eigenvalue weighted by Crippen LogP contribution is -2.62. The summed E-state index contributed by atoms with van der Waals surface area (Å²) in [6.45, 7) is 9.14. The van der Waals surface area contributed by atoms with Crippen LogP contribution in [0, 0.1) is 23.2 Å². The highest BCUT2D eigenvalue weighted by molar-refractivity contribution is 6.38. The van der Waals surface area contributed by atoms with Gasteiger partial charge in [0.25, 0.3) is 23.6 Å². The number of fused-ring (bicyclic) bond motifs is 1. The van der Waals surface area contributed by atoms with Crippen LogP contribution in [0.4, 0.5) is 5.82 Å². The molecular formula is C54H76N12O12. The van der Waals surface area contributed by atoms with E-state index >= 15 is 0 Å². The van der Waals surface area contributed by atoms with E-state index in [2.05, 4.69) is 57.5 Å². The highest BCUT2D eigenvalue weighted by Crippen LogP contribution is 2.43. The molecule has 24 heteroatoms. The summed E-state index contributed by atoms with van der Waals surface area (Å²) < 4.78 is 11.2. The summed E-state index contributed by atoms with van der Waals surface area (Å²) in [7, 11) is 0. The maximum absolute atomic E-state index is 14.9. The number of Topliss-reactive ketones (excluding diaryl/α,β-unsaturated/α-hetero) is 1. The van der Waals surface area contributed by atoms with Crippen molar-refractivity contribution >= 4 is 64.8 Å². The second-order valence-corrected chi connectivity index (χ2v) is 22.0. The van der Waals surface area contributed by atoms with Crippen molar-refractivity contribution in [2.45, 2.75) is 154 Å². The fraction of sp³-hybridized carbons (Fsp3) is 0.648. The molecule has 2 saturated heterocycles. The smallest absolute Gasteiger partial charge is 0.289 e. The lowest BCUT2D eigenvalue weighted by molar-refractivity contribution is -0.146. The van der Waals surface area contributed by atoms with Crippen LogP contribution >= 0.6 is 0 Å². The number of pyridine rings is 1. The third-order valence-corrected chi connectivity index (χ3v) is 15.0. The number of anilines is 1. The maximum atomic E-state index is 14.9. The van der Waals surface area contributed by atoms with Crippen LogP contribution in [0.25, 0.3) is 0 Å². The van der Waals surface area contributed by atoms with Crippen LogP contribution in [0.15, 0.2) is 30.6 Å². The first-order chi connectivity index (χ1) is 37.4. The molecule has 0 spiro atoms. The molecule has 9 amide bonds. The Balaban J connectivity index is 0.862. The highest BCUT2D eigenvalue weighted by atomic mass is 16.5. The normalized spacial score (nSPS) is 21.5. The number of nitrogens with zero attached hydrogens (tertiary/aromatic N) is 4. The van der Waals surface area contributed by atoms with Gasteiger partial charge in [-0.1, -0.05) is 65.9 Å². The van der Waals surface area contributed by atoms with Gasteiger partial charge in [0.1, 0.15) is 47.1 Å². The maximum Gasteiger partial charge on any atom is 0.289 e. The number of carbonyl (C=O) groups excluding carboxylic acids is 10. The summed E-state index contributed by atoms with van der Waals surface area (Å²) in [6.07, 6.45) is 11.5. The van der Waals surface area contributed by atoms with E-state index < -0.39 is 88.7 Å². The van der Waals surface area contributed by atoms with E-state index in [-0.39, 0.29) is 92.4 Å². The van der Waals surface area contributed by atoms with Crippen molar-refractivity contribution in [3.8, 4) is 0 Å². The van der Waals surface area contributed by atoms with Gasteiger partial charge in [0.2, 0.25) is 35.3 Å². The SMILES string of the molecule is CCC[C@H](NC(=O)[C@@H]1[C@H]2CCC[C@H]2CN1C(=O)[C@@H](NC(=O)[C@@H](NC(=O)c1cnc(C(=O)NCCOCCOCCNc2cccc(C(=O)NC3CCC(=O)NC3=O)n2)cn1)C1CCCCC1)C(C)(C)C)C(=O)C(=O)NC1CC1. The lowest BCUT2D eigenvalue weighted by Gasteiger charge is -2.38. The molecule has 78 heavy (non-hydrogen) atoms. The lowest BCUT2D eigenvalue weighted by atomic mass is 9.82. The fourth-order valence-electron chi connectivity index (χ4n) is 10.6. The summed E-state index contributed by atoms with van der Waals surface area (Å²) in [5.41, 5.74) is -0.896. The zero-order chi connectivity index (χ0) is 55.9. The Labute approximate surface area is 454 Å². The molecule has 1 unspecified atom stereocenters. The van der Waals surface area contributed by atoms with Gasteiger partial charge in [0, 0.05) is 32.1 Å². The monoisotopic (exact) mass is 1080 g/mol. The molecule has 5 fully saturated rings. The standard InChI is InChI=1S/C54H76N12O12/c1-5-11-35(44(68)52(75)59-33-18-19-33)61-51(74)43-34-15-9-14-32(34)30-66(43)53(76)45(54(2,3)4)65-50(73)42(31-12-7-6-8-13-31)64-49(72)39-29-57-38(28-58-39)46(69)56-23-25-78-27-26-77-24-22-55-40-17-10-16-36(60-40)47(70)62-37-20-21-41(67)63-48(37)71/h10,16-17,28-29,31-35,37,42-43,45H,5-9,11-15,18-27,30H2,1-4H3,(H,55,60)(H,56,69)(H,59,75)(H,61,74)(H,62,70)(H,64,72)(H,65,73)(H,63,67,71)/t32-,34-,35-,37?,42-,43-,45+/m0/s1. The third kappa shape index (κ3) is 16.1. The van der Waals surface area contributed by atoms with E-state index in [1.54, 1.807) is 17.0 Å². The van der Waals surface area contributed by atoms with Gasteiger partial charge in [0.15, 0.2) is 0 Å². The van der Waals surface area contributed by atoms with Crippen molar-refractivity contribution in [2.24, 2.45) is 23.2 Å². The number of nitrogens with one attached hydrogen (secondary N) is 8. The number of aromatic nitrogens is 3. The van der Waals surface area contributed by atoms with Gasteiger partial charge >= 0.3 is 0 Å². The van der Waals surface area contributed by atoms with Crippen LogP contribution in [-0.2, 0) is 43.0 Å². The summed E-state index contributed by atoms with van der Waals surface area (Å²) in [6, 6.07) is -0.0829. The van der Waals surface area contributed by atoms with Crippen LogP contribution in [0.2, 0.25) is 0 Å². The number of amides is 9. The molecule has 4 heterocycles. The number of piperidine rings is 1. The number of ketones is 1. The van der Waals surface area contributed by atoms with Gasteiger partial charge < -0.3 is 51.6 Å². The molecular weight excluding hydrogens is 1010 g/mol. The van der Waals surface area contributed by atoms with Crippen molar-refractivity contribution in [3.05, 3.63) is 47.7 Å². The van der Waals surface area contributed by atoms with E-state index in [9.17, 15) is 47.9 Å². The fourth-order valence-corrected chi connectivity index (χ4v) is 10.6. The number of likely N-dealkylation sites (tertiary alicyclic amines) is 1. The first kappa shape index (κ1) is 58.7. The molecule has 3 aliphatic carbocycles. The topological polar surface area (TPSA) is 327 Å². The second kappa shape index (κ2) is 27.6. The predicted molar refractivity (Wildman–Crippen MR) is 281 cm³/mol. The summed E-state index contributed by atoms with van der Waals surface area (Å²) in [5.74, 6) is -5.52. The molecule has 0 bridgehead atoms. The van der Waals surface area contributed by atoms with Gasteiger partial charge in [-0.05, 0) is 86.7 Å². The van der Waals surface area contributed by atoms with Crippen molar-refractivity contribution in [1.29, 1.82) is 0 Å². The quantitative estimate of drug-likeness (QED) is 0.0373. The Hall–Kier alpha value is -6.95. The molecule has 0 radical (unpaired) electrons. The van der Waals surface area contributed by atoms with Crippen LogP contribution in [0.1, 0.15) is 149 Å². The van der Waals surface area contributed by atoms with Gasteiger partial charge in [-0.2, -0.15) is 0 Å². The Morgan fingerprint density at radius 2 is 1.46 bits per heavy atom. The largest absolute Gasteiger partial charge is 0.377 e. The summed E-state index contributed by atoms with van der Waals surface area (Å²) >= 11 is 0. The van der Waals surface area contributed by atoms with E-state index in [1.807, 2.05) is 27.7 Å². The third-order valence-electron chi connectivity index (χ3n) is 15.0. The molecule has 7 atom stereocenters. The van der Waals surface area contributed by atoms with E-state index in [0.717, 1.165) is 51.1 Å². The first-order valence-corrected chi connectivity index (χ1v) is 27.6. The minimum Gasteiger partial charge on any atom is -0.377 e. The second-order valence-electron chi connectivity index (χ2n) is 22.0. The number of hydrogen-bond donors (Lipinski definition) is 8. The molecule has 424 valence electrons. The van der Waals surface area contributed by atoms with Crippen molar-refractivity contribution in [1.82, 2.24) is 57.1 Å². The molecule has 0 aromatic carbocycles. The molecule has 2 aromatic heterocycles. The zero-order valence-electron chi connectivity index (χ0n) is 45.1. The molecule has 8 N–H and O–H groups in total. The van der Waals surface area contributed by atoms with E-state index in [4.69, 9.17) is 9.47 Å². The molecule has 24 nitrogen and oxygen atoms in total. The Morgan fingerprint density at radius 1 is 0.756 bits per heavy atom. The van der Waals surface area contributed by atoms with Gasteiger partial charge in [0.05, 0.1) is 44.9 Å². The molecule has 7 rings (SSSR count). The Bertz CT molecular complexity index is 2510. The van der Waals surface area contributed by atoms with E-state index in [1.165, 1.54) is 12.3 Å². The Morgan fingerprint density at radius 3 is 2.13 bits per heavy atom. The van der Waals surface area contributed by atoms with Crippen molar-refractivity contribution in [3.63, 3.8) is 0 Å². The van der Waals surface area contributed by atoms with Crippen LogP contribution in [0.3, 0.4) is 0 Å². The zero-order valence-corrected chi connectivity index (χ0v) is 45.1.